The Morgan fingerprint density at radius 1 is 1.45 bits per heavy atom. The molecule has 1 aromatic heterocycles. The van der Waals surface area contributed by atoms with Gasteiger partial charge < -0.3 is 11.1 Å². The summed E-state index contributed by atoms with van der Waals surface area (Å²) in [4.78, 5) is 16.6. The number of nitrogen functional groups attached to an aromatic ring is 1. The van der Waals surface area contributed by atoms with Crippen LogP contribution in [0.4, 0.5) is 5.82 Å². The van der Waals surface area contributed by atoms with Crippen molar-refractivity contribution in [2.24, 2.45) is 11.8 Å². The maximum atomic E-state index is 12.4. The molecule has 4 nitrogen and oxygen atoms in total. The number of aromatic nitrogens is 1. The van der Waals surface area contributed by atoms with Crippen molar-refractivity contribution in [1.82, 2.24) is 10.3 Å². The van der Waals surface area contributed by atoms with Crippen LogP contribution in [0.25, 0.3) is 10.9 Å². The van der Waals surface area contributed by atoms with E-state index >= 15 is 0 Å². The van der Waals surface area contributed by atoms with Crippen LogP contribution in [0.1, 0.15) is 30.1 Å². The third-order valence-electron chi connectivity index (χ3n) is 3.99. The quantitative estimate of drug-likeness (QED) is 0.896. The molecular weight excluding hydrogens is 250 g/mol. The van der Waals surface area contributed by atoms with E-state index in [1.54, 1.807) is 6.07 Å². The van der Waals surface area contributed by atoms with Gasteiger partial charge >= 0.3 is 0 Å². The van der Waals surface area contributed by atoms with Crippen molar-refractivity contribution < 1.29 is 4.79 Å². The Morgan fingerprint density at radius 3 is 2.95 bits per heavy atom. The fourth-order valence-electron chi connectivity index (χ4n) is 2.56. The van der Waals surface area contributed by atoms with Gasteiger partial charge in [-0.3, -0.25) is 4.79 Å². The minimum absolute atomic E-state index is 0.0669. The largest absolute Gasteiger partial charge is 0.384 e. The van der Waals surface area contributed by atoms with Gasteiger partial charge in [0.1, 0.15) is 5.82 Å². The van der Waals surface area contributed by atoms with Gasteiger partial charge in [0, 0.05) is 11.9 Å². The van der Waals surface area contributed by atoms with Gasteiger partial charge in [-0.2, -0.15) is 0 Å². The predicted molar refractivity (Wildman–Crippen MR) is 80.4 cm³/mol. The Balaban J connectivity index is 1.83. The lowest BCUT2D eigenvalue weighted by atomic mass is 10.1. The minimum Gasteiger partial charge on any atom is -0.384 e. The summed E-state index contributed by atoms with van der Waals surface area (Å²) in [6.45, 7) is 2.91. The lowest BCUT2D eigenvalue weighted by molar-refractivity contribution is 0.0948. The maximum Gasteiger partial charge on any atom is 0.252 e. The summed E-state index contributed by atoms with van der Waals surface area (Å²) in [5.74, 6) is 1.64. The Hall–Kier alpha value is -2.10. The normalized spacial score (nSPS) is 16.1. The van der Waals surface area contributed by atoms with E-state index in [-0.39, 0.29) is 5.91 Å². The van der Waals surface area contributed by atoms with E-state index in [9.17, 15) is 4.79 Å². The van der Waals surface area contributed by atoms with Crippen molar-refractivity contribution >= 4 is 22.6 Å². The van der Waals surface area contributed by atoms with E-state index in [1.807, 2.05) is 24.3 Å². The van der Waals surface area contributed by atoms with Gasteiger partial charge in [-0.1, -0.05) is 25.1 Å². The first-order valence-electron chi connectivity index (χ1n) is 7.08. The van der Waals surface area contributed by atoms with E-state index in [2.05, 4.69) is 17.2 Å². The van der Waals surface area contributed by atoms with Crippen molar-refractivity contribution in [3.8, 4) is 0 Å². The molecule has 20 heavy (non-hydrogen) atoms. The lowest BCUT2D eigenvalue weighted by Crippen LogP contribution is -2.29. The number of carbonyl (C=O) groups is 1. The van der Waals surface area contributed by atoms with Gasteiger partial charge in [0.15, 0.2) is 0 Å². The second-order valence-electron chi connectivity index (χ2n) is 5.64. The van der Waals surface area contributed by atoms with Gasteiger partial charge in [0.05, 0.1) is 11.1 Å². The zero-order valence-corrected chi connectivity index (χ0v) is 11.6. The predicted octanol–water partition coefficient (Wildman–Crippen LogP) is 2.59. The molecule has 1 fully saturated rings. The van der Waals surface area contributed by atoms with Crippen LogP contribution < -0.4 is 11.1 Å². The monoisotopic (exact) mass is 269 g/mol. The molecule has 1 amide bonds. The summed E-state index contributed by atoms with van der Waals surface area (Å²) in [7, 11) is 0. The third kappa shape index (κ3) is 2.59. The summed E-state index contributed by atoms with van der Waals surface area (Å²) >= 11 is 0. The zero-order chi connectivity index (χ0) is 14.1. The highest BCUT2D eigenvalue weighted by atomic mass is 16.1. The van der Waals surface area contributed by atoms with Crippen LogP contribution in [-0.2, 0) is 0 Å². The number of amides is 1. The molecule has 0 spiro atoms. The molecule has 0 saturated heterocycles. The smallest absolute Gasteiger partial charge is 0.252 e. The number of nitrogens with two attached hydrogens (primary N) is 1. The lowest BCUT2D eigenvalue weighted by Gasteiger charge is -2.12. The number of nitrogens with one attached hydrogen (secondary N) is 1. The average molecular weight is 269 g/mol. The SMILES string of the molecule is CC(CNC(=O)c1cc(N)nc2ccccc12)C1CC1. The van der Waals surface area contributed by atoms with Crippen LogP contribution in [0.2, 0.25) is 0 Å². The molecular formula is C16H19N3O. The van der Waals surface area contributed by atoms with Crippen LogP contribution in [0.5, 0.6) is 0 Å². The summed E-state index contributed by atoms with van der Waals surface area (Å²) in [6.07, 6.45) is 2.59. The number of nitrogens with zero attached hydrogens (tertiary/aromatic N) is 1. The molecule has 1 aliphatic rings. The van der Waals surface area contributed by atoms with E-state index in [0.29, 0.717) is 17.3 Å². The number of pyridine rings is 1. The Labute approximate surface area is 118 Å². The van der Waals surface area contributed by atoms with E-state index in [1.165, 1.54) is 12.8 Å². The first kappa shape index (κ1) is 12.9. The van der Waals surface area contributed by atoms with Crippen molar-refractivity contribution in [3.05, 3.63) is 35.9 Å². The first-order valence-corrected chi connectivity index (χ1v) is 7.08. The molecule has 1 heterocycles. The molecule has 1 atom stereocenters. The summed E-state index contributed by atoms with van der Waals surface area (Å²) in [5.41, 5.74) is 7.15. The van der Waals surface area contributed by atoms with E-state index < -0.39 is 0 Å². The summed E-state index contributed by atoms with van der Waals surface area (Å²) < 4.78 is 0. The van der Waals surface area contributed by atoms with Gasteiger partial charge in [-0.25, -0.2) is 4.98 Å². The molecule has 1 aromatic carbocycles. The molecule has 104 valence electrons. The maximum absolute atomic E-state index is 12.4. The summed E-state index contributed by atoms with van der Waals surface area (Å²) in [5, 5.41) is 3.86. The van der Waals surface area contributed by atoms with Crippen molar-refractivity contribution in [1.29, 1.82) is 0 Å². The fraction of sp³-hybridized carbons (Fsp3) is 0.375. The first-order chi connectivity index (χ1) is 9.65. The Bertz CT molecular complexity index is 649. The standard InChI is InChI=1S/C16H19N3O/c1-10(11-6-7-11)9-18-16(20)13-8-15(17)19-14-5-3-2-4-12(13)14/h2-5,8,10-11H,6-7,9H2,1H3,(H2,17,19)(H,18,20). The molecule has 1 unspecified atom stereocenters. The minimum atomic E-state index is -0.0669. The van der Waals surface area contributed by atoms with Gasteiger partial charge in [0.25, 0.3) is 5.91 Å². The molecule has 4 heteroatoms. The van der Waals surface area contributed by atoms with Crippen molar-refractivity contribution in [2.75, 3.05) is 12.3 Å². The highest BCUT2D eigenvalue weighted by Gasteiger charge is 2.28. The second-order valence-corrected chi connectivity index (χ2v) is 5.64. The highest BCUT2D eigenvalue weighted by molar-refractivity contribution is 6.06. The fourth-order valence-corrected chi connectivity index (χ4v) is 2.56. The number of carbonyl (C=O) groups excluding carboxylic acids is 1. The number of anilines is 1. The number of fused-ring (bicyclic) bond motifs is 1. The molecule has 2 aromatic rings. The Kier molecular flexibility index (Phi) is 3.30. The number of para-hydroxylation sites is 1. The topological polar surface area (TPSA) is 68.0 Å². The van der Waals surface area contributed by atoms with Gasteiger partial charge in [0.2, 0.25) is 0 Å². The molecule has 0 aliphatic heterocycles. The zero-order valence-electron chi connectivity index (χ0n) is 11.6. The number of rotatable bonds is 4. The van der Waals surface area contributed by atoms with Crippen LogP contribution in [0, 0.1) is 11.8 Å². The van der Waals surface area contributed by atoms with Gasteiger partial charge in [-0.15, -0.1) is 0 Å². The number of benzene rings is 1. The number of hydrogen-bond acceptors (Lipinski definition) is 3. The molecule has 0 radical (unpaired) electrons. The second kappa shape index (κ2) is 5.12. The molecule has 1 aliphatic carbocycles. The molecule has 1 saturated carbocycles. The molecule has 3 N–H and O–H groups in total. The van der Waals surface area contributed by atoms with E-state index in [0.717, 1.165) is 23.4 Å². The number of hydrogen-bond donors (Lipinski definition) is 2. The van der Waals surface area contributed by atoms with E-state index in [4.69, 9.17) is 5.73 Å². The highest BCUT2D eigenvalue weighted by Crippen LogP contribution is 2.36. The summed E-state index contributed by atoms with van der Waals surface area (Å²) in [6, 6.07) is 9.23. The van der Waals surface area contributed by atoms with Crippen LogP contribution in [0.3, 0.4) is 0 Å². The van der Waals surface area contributed by atoms with Crippen LogP contribution in [0.15, 0.2) is 30.3 Å². The Morgan fingerprint density at radius 2 is 2.20 bits per heavy atom. The van der Waals surface area contributed by atoms with Crippen LogP contribution >= 0.6 is 0 Å². The molecule has 3 rings (SSSR count). The van der Waals surface area contributed by atoms with Crippen molar-refractivity contribution in [2.45, 2.75) is 19.8 Å². The molecule has 0 bridgehead atoms. The van der Waals surface area contributed by atoms with Crippen LogP contribution in [-0.4, -0.2) is 17.4 Å². The van der Waals surface area contributed by atoms with Gasteiger partial charge in [-0.05, 0) is 36.8 Å². The third-order valence-corrected chi connectivity index (χ3v) is 3.99. The van der Waals surface area contributed by atoms with Crippen molar-refractivity contribution in [3.63, 3.8) is 0 Å². The average Bonchev–Trinajstić information content (AvgIpc) is 3.28.